The van der Waals surface area contributed by atoms with E-state index in [9.17, 15) is 0 Å². The van der Waals surface area contributed by atoms with Crippen molar-refractivity contribution in [2.75, 3.05) is 0 Å². The minimum Gasteiger partial charge on any atom is -0.0620 e. The van der Waals surface area contributed by atoms with Crippen LogP contribution in [0.2, 0.25) is 0 Å². The van der Waals surface area contributed by atoms with Crippen LogP contribution >= 0.6 is 0 Å². The van der Waals surface area contributed by atoms with E-state index in [1.807, 2.05) is 0 Å². The molecule has 1 saturated carbocycles. The monoisotopic (exact) mass is 172 g/mol. The van der Waals surface area contributed by atoms with Gasteiger partial charge in [-0.2, -0.15) is 0 Å². The maximum atomic E-state index is 2.37. The molecule has 3 rings (SSSR count). The molecule has 1 aromatic rings. The first kappa shape index (κ1) is 7.61. The van der Waals surface area contributed by atoms with E-state index in [1.54, 1.807) is 11.1 Å². The highest BCUT2D eigenvalue weighted by Crippen LogP contribution is 2.50. The molecule has 0 saturated heterocycles. The molecule has 1 fully saturated rings. The standard InChI is InChI=1S/C13H16/c1-2-7-12-11(5-1)6-3-8-13(12)9-4-10-13/h1-2,5,7H,3-4,6,8-10H2. The van der Waals surface area contributed by atoms with Gasteiger partial charge in [0.2, 0.25) is 0 Å². The van der Waals surface area contributed by atoms with Crippen molar-refractivity contribution in [3.05, 3.63) is 35.4 Å². The van der Waals surface area contributed by atoms with E-state index in [-0.39, 0.29) is 0 Å². The Morgan fingerprint density at radius 1 is 0.923 bits per heavy atom. The Kier molecular flexibility index (Phi) is 1.52. The Morgan fingerprint density at radius 3 is 2.46 bits per heavy atom. The van der Waals surface area contributed by atoms with Gasteiger partial charge in [0, 0.05) is 0 Å². The van der Waals surface area contributed by atoms with Gasteiger partial charge in [-0.05, 0) is 48.6 Å². The Hall–Kier alpha value is -0.780. The normalized spacial score (nSPS) is 23.7. The molecule has 1 aromatic carbocycles. The van der Waals surface area contributed by atoms with Gasteiger partial charge in [0.15, 0.2) is 0 Å². The van der Waals surface area contributed by atoms with Crippen LogP contribution in [0, 0.1) is 0 Å². The molecule has 0 aliphatic heterocycles. The zero-order valence-corrected chi connectivity index (χ0v) is 8.05. The maximum Gasteiger partial charge on any atom is -0.00441 e. The van der Waals surface area contributed by atoms with Crippen molar-refractivity contribution in [3.8, 4) is 0 Å². The Bertz CT molecular complexity index is 321. The molecule has 0 unspecified atom stereocenters. The van der Waals surface area contributed by atoms with Gasteiger partial charge >= 0.3 is 0 Å². The van der Waals surface area contributed by atoms with Crippen LogP contribution in [-0.4, -0.2) is 0 Å². The lowest BCUT2D eigenvalue weighted by molar-refractivity contribution is 0.209. The summed E-state index contributed by atoms with van der Waals surface area (Å²) in [7, 11) is 0. The lowest BCUT2D eigenvalue weighted by Gasteiger charge is -2.46. The minimum absolute atomic E-state index is 0.634. The summed E-state index contributed by atoms with van der Waals surface area (Å²) in [5, 5.41) is 0. The number of hydrogen-bond donors (Lipinski definition) is 0. The SMILES string of the molecule is c1ccc2c(c1)CCCC21CCC1. The number of hydrogen-bond acceptors (Lipinski definition) is 0. The number of fused-ring (bicyclic) bond motifs is 2. The van der Waals surface area contributed by atoms with Crippen LogP contribution in [0.1, 0.15) is 43.2 Å². The highest BCUT2D eigenvalue weighted by Gasteiger charge is 2.40. The molecule has 0 N–H and O–H groups in total. The van der Waals surface area contributed by atoms with Gasteiger partial charge in [-0.3, -0.25) is 0 Å². The molecule has 0 aromatic heterocycles. The highest BCUT2D eigenvalue weighted by atomic mass is 14.4. The van der Waals surface area contributed by atoms with Crippen molar-refractivity contribution in [1.29, 1.82) is 0 Å². The smallest absolute Gasteiger partial charge is 0.00441 e. The molecule has 0 atom stereocenters. The van der Waals surface area contributed by atoms with Crippen LogP contribution in [0.3, 0.4) is 0 Å². The summed E-state index contributed by atoms with van der Waals surface area (Å²) in [6.45, 7) is 0. The third kappa shape index (κ3) is 0.979. The molecule has 13 heavy (non-hydrogen) atoms. The summed E-state index contributed by atoms with van der Waals surface area (Å²) in [5.41, 5.74) is 3.95. The van der Waals surface area contributed by atoms with E-state index in [0.717, 1.165) is 0 Å². The van der Waals surface area contributed by atoms with Crippen LogP contribution in [0.15, 0.2) is 24.3 Å². The van der Waals surface area contributed by atoms with Crippen LogP contribution in [0.25, 0.3) is 0 Å². The quantitative estimate of drug-likeness (QED) is 0.562. The van der Waals surface area contributed by atoms with Gasteiger partial charge in [0.25, 0.3) is 0 Å². The van der Waals surface area contributed by atoms with Gasteiger partial charge in [0.05, 0.1) is 0 Å². The first-order chi connectivity index (χ1) is 6.41. The van der Waals surface area contributed by atoms with Crippen molar-refractivity contribution >= 4 is 0 Å². The maximum absolute atomic E-state index is 2.37. The van der Waals surface area contributed by atoms with Crippen LogP contribution in [0.5, 0.6) is 0 Å². The minimum atomic E-state index is 0.634. The summed E-state index contributed by atoms with van der Waals surface area (Å²) in [4.78, 5) is 0. The fourth-order valence-corrected chi connectivity index (χ4v) is 3.13. The third-order valence-electron chi connectivity index (χ3n) is 4.00. The summed E-state index contributed by atoms with van der Waals surface area (Å²) in [5.74, 6) is 0. The Balaban J connectivity index is 2.11. The van der Waals surface area contributed by atoms with Gasteiger partial charge < -0.3 is 0 Å². The third-order valence-corrected chi connectivity index (χ3v) is 4.00. The zero-order chi connectivity index (χ0) is 8.73. The van der Waals surface area contributed by atoms with Gasteiger partial charge in [0.1, 0.15) is 0 Å². The van der Waals surface area contributed by atoms with Gasteiger partial charge in [-0.1, -0.05) is 30.7 Å². The number of benzene rings is 1. The van der Waals surface area contributed by atoms with E-state index in [4.69, 9.17) is 0 Å². The van der Waals surface area contributed by atoms with Crippen LogP contribution in [-0.2, 0) is 11.8 Å². The van der Waals surface area contributed by atoms with E-state index in [0.29, 0.717) is 5.41 Å². The highest BCUT2D eigenvalue weighted by molar-refractivity contribution is 5.38. The average molecular weight is 172 g/mol. The van der Waals surface area contributed by atoms with E-state index in [1.165, 1.54) is 38.5 Å². The summed E-state index contributed by atoms with van der Waals surface area (Å²) >= 11 is 0. The van der Waals surface area contributed by atoms with Crippen molar-refractivity contribution < 1.29 is 0 Å². The molecule has 0 amide bonds. The second kappa shape index (κ2) is 2.60. The number of aryl methyl sites for hydroxylation is 1. The fraction of sp³-hybridized carbons (Fsp3) is 0.538. The van der Waals surface area contributed by atoms with Crippen molar-refractivity contribution in [3.63, 3.8) is 0 Å². The molecule has 0 radical (unpaired) electrons. The Morgan fingerprint density at radius 2 is 1.69 bits per heavy atom. The van der Waals surface area contributed by atoms with Gasteiger partial charge in [-0.25, -0.2) is 0 Å². The first-order valence-corrected chi connectivity index (χ1v) is 5.49. The molecule has 2 aliphatic rings. The molecule has 0 nitrogen and oxygen atoms in total. The van der Waals surface area contributed by atoms with Gasteiger partial charge in [-0.15, -0.1) is 0 Å². The summed E-state index contributed by atoms with van der Waals surface area (Å²) in [6.07, 6.45) is 8.53. The van der Waals surface area contributed by atoms with Crippen LogP contribution < -0.4 is 0 Å². The Labute approximate surface area is 80.0 Å². The number of rotatable bonds is 0. The van der Waals surface area contributed by atoms with Crippen LogP contribution in [0.4, 0.5) is 0 Å². The second-order valence-electron chi connectivity index (χ2n) is 4.64. The molecule has 0 bridgehead atoms. The molecule has 0 heterocycles. The summed E-state index contributed by atoms with van der Waals surface area (Å²) < 4.78 is 0. The van der Waals surface area contributed by atoms with E-state index < -0.39 is 0 Å². The van der Waals surface area contributed by atoms with Crippen molar-refractivity contribution in [1.82, 2.24) is 0 Å². The topological polar surface area (TPSA) is 0 Å². The van der Waals surface area contributed by atoms with E-state index in [2.05, 4.69) is 24.3 Å². The lowest BCUT2D eigenvalue weighted by atomic mass is 9.58. The zero-order valence-electron chi connectivity index (χ0n) is 8.05. The second-order valence-corrected chi connectivity index (χ2v) is 4.64. The molecular formula is C13H16. The average Bonchev–Trinajstić information content (AvgIpc) is 2.14. The molecule has 68 valence electrons. The molecular weight excluding hydrogens is 156 g/mol. The lowest BCUT2D eigenvalue weighted by Crippen LogP contribution is -2.37. The summed E-state index contributed by atoms with van der Waals surface area (Å²) in [6, 6.07) is 9.10. The van der Waals surface area contributed by atoms with E-state index >= 15 is 0 Å². The predicted molar refractivity (Wildman–Crippen MR) is 54.9 cm³/mol. The molecule has 0 heteroatoms. The molecule has 1 spiro atoms. The largest absolute Gasteiger partial charge is 0.0620 e. The van der Waals surface area contributed by atoms with Crippen molar-refractivity contribution in [2.45, 2.75) is 43.9 Å². The fourth-order valence-electron chi connectivity index (χ4n) is 3.13. The van der Waals surface area contributed by atoms with Crippen molar-refractivity contribution in [2.24, 2.45) is 0 Å². The first-order valence-electron chi connectivity index (χ1n) is 5.49. The molecule has 2 aliphatic carbocycles. The predicted octanol–water partition coefficient (Wildman–Crippen LogP) is 3.44.